The Kier molecular flexibility index (Phi) is 4.13. The molecular weight excluding hydrogens is 196 g/mol. The molecule has 0 radical (unpaired) electrons. The summed E-state index contributed by atoms with van der Waals surface area (Å²) >= 11 is 0. The van der Waals surface area contributed by atoms with Crippen LogP contribution in [0.3, 0.4) is 0 Å². The first-order chi connectivity index (χ1) is 3.80. The van der Waals surface area contributed by atoms with Crippen molar-refractivity contribution in [3.63, 3.8) is 0 Å². The van der Waals surface area contributed by atoms with Gasteiger partial charge in [0.05, 0.1) is 0 Å². The average molecular weight is 202 g/mol. The van der Waals surface area contributed by atoms with Crippen LogP contribution < -0.4 is 0 Å². The van der Waals surface area contributed by atoms with Crippen LogP contribution in [0, 0.1) is 0 Å². The Hall–Kier alpha value is 0.161. The van der Waals surface area contributed by atoms with Gasteiger partial charge in [-0.2, -0.15) is 0 Å². The molecule has 0 aliphatic heterocycles. The summed E-state index contributed by atoms with van der Waals surface area (Å²) in [7, 11) is 0. The Balaban J connectivity index is -0.000000213. The molecule has 1 aromatic rings. The third-order valence-corrected chi connectivity index (χ3v) is 0.725. The number of carboxylic acid groups (broad SMARTS) is 1. The number of imidazole rings is 1. The van der Waals surface area contributed by atoms with E-state index in [9.17, 15) is 4.79 Å². The van der Waals surface area contributed by atoms with E-state index in [-0.39, 0.29) is 48.3 Å². The molecule has 0 aliphatic rings. The molecule has 46 valence electrons. The number of carbonyl (C=O) groups is 1. The molecule has 1 heterocycles. The van der Waals surface area contributed by atoms with Crippen molar-refractivity contribution < 1.29 is 12.8 Å². The number of hydrogen-bond acceptors (Lipinski definition) is 2. The maximum absolute atomic E-state index is 9.98. The topological polar surface area (TPSA) is 55.1 Å². The summed E-state index contributed by atoms with van der Waals surface area (Å²) in [6, 6.07) is 0. The minimum atomic E-state index is -1.01. The van der Waals surface area contributed by atoms with Crippen LogP contribution in [0.5, 0.6) is 0 Å². The Morgan fingerprint density at radius 1 is 1.78 bits per heavy atom. The van der Waals surface area contributed by atoms with E-state index in [0.29, 0.717) is 0 Å². The summed E-state index contributed by atoms with van der Waals surface area (Å²) in [4.78, 5) is 13.5. The molecule has 9 heavy (non-hydrogen) atoms. The summed E-state index contributed by atoms with van der Waals surface area (Å²) < 4.78 is 0.972. The van der Waals surface area contributed by atoms with Gasteiger partial charge in [0.25, 0.3) is 0 Å². The molecule has 0 unspecified atom stereocenters. The monoisotopic (exact) mass is 202 g/mol. The second kappa shape index (κ2) is 4.05. The summed E-state index contributed by atoms with van der Waals surface area (Å²) in [5, 5.41) is 8.20. The van der Waals surface area contributed by atoms with Crippen molar-refractivity contribution in [3.8, 4) is 0 Å². The maximum atomic E-state index is 9.98. The Labute approximate surface area is 91.7 Å². The zero-order valence-electron chi connectivity index (χ0n) is 6.69. The van der Waals surface area contributed by atoms with Gasteiger partial charge in [-0.05, 0) is 0 Å². The maximum Gasteiger partial charge on any atom is 2.00 e. The molecule has 0 spiro atoms. The van der Waals surface area contributed by atoms with E-state index in [1.54, 1.807) is 0 Å². The smallest absolute Gasteiger partial charge is 1.00 e. The first-order valence-corrected chi connectivity index (χ1v) is 2.02. The van der Waals surface area contributed by atoms with Crippen LogP contribution >= 0.6 is 0 Å². The van der Waals surface area contributed by atoms with Gasteiger partial charge in [-0.3, -0.25) is 0 Å². The largest absolute Gasteiger partial charge is 2.00 e. The second-order valence-electron chi connectivity index (χ2n) is 1.25. The van der Waals surface area contributed by atoms with E-state index in [1.807, 2.05) is 0 Å². The van der Waals surface area contributed by atoms with Crippen LogP contribution in [0.25, 0.3) is 0 Å². The minimum Gasteiger partial charge on any atom is -1.00 e. The van der Waals surface area contributed by atoms with Crippen molar-refractivity contribution in [2.45, 2.75) is 0 Å². The van der Waals surface area contributed by atoms with Crippen molar-refractivity contribution in [1.29, 1.82) is 0 Å². The van der Waals surface area contributed by atoms with Crippen LogP contribution in [0.2, 0.25) is 0 Å². The minimum absolute atomic E-state index is 0. The van der Waals surface area contributed by atoms with Crippen molar-refractivity contribution in [2.24, 2.45) is 0 Å². The van der Waals surface area contributed by atoms with Gasteiger partial charge in [0, 0.05) is 12.4 Å². The molecule has 1 N–H and O–H groups in total. The first kappa shape index (κ1) is 9.16. The van der Waals surface area contributed by atoms with Crippen molar-refractivity contribution in [3.05, 3.63) is 18.7 Å². The van der Waals surface area contributed by atoms with Gasteiger partial charge < -0.3 is 7.96 Å². The van der Waals surface area contributed by atoms with Crippen LogP contribution in [-0.2, 0) is 0 Å². The fourth-order valence-corrected chi connectivity index (χ4v) is 0.372. The van der Waals surface area contributed by atoms with E-state index in [4.69, 9.17) is 5.11 Å². The molecule has 0 bridgehead atoms. The quantitative estimate of drug-likeness (QED) is 0.613. The zero-order valence-corrected chi connectivity index (χ0v) is 8.17. The number of rotatable bonds is 0. The normalized spacial score (nSPS) is 8.00. The molecule has 0 saturated carbocycles. The van der Waals surface area contributed by atoms with E-state index in [2.05, 4.69) is 4.98 Å². The van der Waals surface area contributed by atoms with Gasteiger partial charge in [0.2, 0.25) is 0 Å². The third kappa shape index (κ3) is 2.49. The third-order valence-electron chi connectivity index (χ3n) is 0.725. The molecule has 0 saturated heterocycles. The summed E-state index contributed by atoms with van der Waals surface area (Å²) in [6.07, 6.45) is 2.99. The van der Waals surface area contributed by atoms with Gasteiger partial charge in [-0.1, -0.05) is 0 Å². The van der Waals surface area contributed by atoms with Gasteiger partial charge in [-0.15, -0.1) is 0 Å². The van der Waals surface area contributed by atoms with E-state index >= 15 is 0 Å². The average Bonchev–Trinajstić information content (AvgIpc) is 2.12. The van der Waals surface area contributed by atoms with E-state index in [0.717, 1.165) is 4.57 Å². The van der Waals surface area contributed by atoms with Crippen LogP contribution in [0.4, 0.5) is 4.79 Å². The van der Waals surface area contributed by atoms with Crippen molar-refractivity contribution >= 4 is 51.6 Å². The van der Waals surface area contributed by atoms with Crippen molar-refractivity contribution in [2.75, 3.05) is 0 Å². The molecule has 0 amide bonds. The standard InChI is InChI=1S/C4H4N2O2.Sr.2H/c7-4(8)6-2-1-5-3-6;;;/h1-3H,(H,7,8);;;/q;+2;2*-1. The van der Waals surface area contributed by atoms with E-state index in [1.165, 1.54) is 18.7 Å². The number of nitrogens with zero attached hydrogens (tertiary/aromatic N) is 2. The van der Waals surface area contributed by atoms with E-state index < -0.39 is 6.09 Å². The molecule has 0 atom stereocenters. The van der Waals surface area contributed by atoms with Gasteiger partial charge in [-0.25, -0.2) is 14.3 Å². The molecule has 1 rings (SSSR count). The molecule has 0 aromatic carbocycles. The first-order valence-electron chi connectivity index (χ1n) is 2.02. The Bertz CT molecular complexity index is 192. The zero-order chi connectivity index (χ0) is 5.98. The van der Waals surface area contributed by atoms with Gasteiger partial charge in [0.15, 0.2) is 0 Å². The summed E-state index contributed by atoms with van der Waals surface area (Å²) in [6.45, 7) is 0. The number of hydrogen-bond donors (Lipinski definition) is 1. The SMILES string of the molecule is O=C(O)n1ccnc1.[H-].[H-].[Sr+2]. The van der Waals surface area contributed by atoms with Crippen LogP contribution in [0.15, 0.2) is 18.7 Å². The molecule has 0 aliphatic carbocycles. The Morgan fingerprint density at radius 2 is 2.44 bits per heavy atom. The number of aromatic nitrogens is 2. The Morgan fingerprint density at radius 3 is 2.67 bits per heavy atom. The molecular formula is C4H6N2O2Sr. The summed E-state index contributed by atoms with van der Waals surface area (Å²) in [5.74, 6) is 0. The molecule has 0 fully saturated rings. The second-order valence-corrected chi connectivity index (χ2v) is 1.25. The van der Waals surface area contributed by atoms with Gasteiger partial charge >= 0.3 is 51.6 Å². The molecule has 5 heteroatoms. The predicted molar refractivity (Wildman–Crippen MR) is 33.6 cm³/mol. The molecule has 4 nitrogen and oxygen atoms in total. The summed E-state index contributed by atoms with van der Waals surface area (Å²) in [5.41, 5.74) is 0. The fraction of sp³-hybridized carbons (Fsp3) is 0. The molecule has 1 aromatic heterocycles. The predicted octanol–water partition coefficient (Wildman–Crippen LogP) is 0.253. The van der Waals surface area contributed by atoms with Gasteiger partial charge in [0.1, 0.15) is 6.33 Å². The van der Waals surface area contributed by atoms with Crippen molar-refractivity contribution in [1.82, 2.24) is 9.55 Å². The van der Waals surface area contributed by atoms with Crippen LogP contribution in [-0.4, -0.2) is 66.2 Å². The van der Waals surface area contributed by atoms with Crippen LogP contribution in [0.1, 0.15) is 2.85 Å². The fourth-order valence-electron chi connectivity index (χ4n) is 0.372.